The Morgan fingerprint density at radius 2 is 1.84 bits per heavy atom. The van der Waals surface area contributed by atoms with Gasteiger partial charge in [-0.15, -0.1) is 0 Å². The Bertz CT molecular complexity index is 1190. The lowest BCUT2D eigenvalue weighted by Crippen LogP contribution is -2.31. The summed E-state index contributed by atoms with van der Waals surface area (Å²) in [6, 6.07) is 12.6. The van der Waals surface area contributed by atoms with E-state index in [-0.39, 0.29) is 10.8 Å². The molecule has 0 radical (unpaired) electrons. The first-order chi connectivity index (χ1) is 14.8. The van der Waals surface area contributed by atoms with E-state index in [1.54, 1.807) is 39.8 Å². The second kappa shape index (κ2) is 9.76. The van der Waals surface area contributed by atoms with Crippen molar-refractivity contribution in [2.45, 2.75) is 42.9 Å². The lowest BCUT2D eigenvalue weighted by Gasteiger charge is -2.20. The van der Waals surface area contributed by atoms with Crippen LogP contribution >= 0.6 is 11.8 Å². The van der Waals surface area contributed by atoms with Gasteiger partial charge in [-0.2, -0.15) is 4.31 Å². The Labute approximate surface area is 187 Å². The molecule has 0 spiro atoms. The molecule has 0 aliphatic rings. The Hall–Kier alpha value is -2.49. The average Bonchev–Trinajstić information content (AvgIpc) is 2.75. The lowest BCUT2D eigenvalue weighted by molar-refractivity contribution is -0.115. The van der Waals surface area contributed by atoms with Crippen molar-refractivity contribution in [1.82, 2.24) is 14.3 Å². The molecule has 0 saturated carbocycles. The van der Waals surface area contributed by atoms with Gasteiger partial charge in [0, 0.05) is 24.2 Å². The van der Waals surface area contributed by atoms with Crippen molar-refractivity contribution in [3.8, 4) is 0 Å². The number of nitrogens with one attached hydrogen (secondary N) is 1. The van der Waals surface area contributed by atoms with Crippen molar-refractivity contribution in [2.75, 3.05) is 18.4 Å². The number of sulfonamides is 1. The number of benzene rings is 2. The quantitative estimate of drug-likeness (QED) is 0.404. The number of aromatic nitrogens is 2. The van der Waals surface area contributed by atoms with Crippen molar-refractivity contribution in [2.24, 2.45) is 0 Å². The van der Waals surface area contributed by atoms with E-state index in [0.29, 0.717) is 24.3 Å². The number of hydrogen-bond acceptors (Lipinski definition) is 6. The van der Waals surface area contributed by atoms with E-state index >= 15 is 0 Å². The number of carbonyl (C=O) groups is 1. The molecular weight excluding hydrogens is 432 g/mol. The molecule has 1 atom stereocenters. The second-order valence-electron chi connectivity index (χ2n) is 7.01. The minimum Gasteiger partial charge on any atom is -0.325 e. The molecule has 31 heavy (non-hydrogen) atoms. The summed E-state index contributed by atoms with van der Waals surface area (Å²) in [5.41, 5.74) is 1.90. The zero-order chi connectivity index (χ0) is 22.6. The summed E-state index contributed by atoms with van der Waals surface area (Å²) in [5.74, 6) is -0.234. The molecule has 9 heteroatoms. The smallest absolute Gasteiger partial charge is 0.243 e. The number of rotatable bonds is 8. The van der Waals surface area contributed by atoms with Crippen LogP contribution in [0.2, 0.25) is 0 Å². The average molecular weight is 459 g/mol. The standard InChI is InChI=1S/C22H26N4O3S2/c1-5-26(6-2)31(28,29)20-13-17(12-11-15(20)3)25-21(27)16(4)30-22-18-9-7-8-10-19(18)23-14-24-22/h7-14,16H,5-6H2,1-4H3,(H,25,27). The van der Waals surface area contributed by atoms with Gasteiger partial charge in [0.15, 0.2) is 0 Å². The molecule has 0 aliphatic heterocycles. The number of carbonyl (C=O) groups excluding carboxylic acids is 1. The first-order valence-electron chi connectivity index (χ1n) is 10.1. The minimum atomic E-state index is -3.62. The van der Waals surface area contributed by atoms with E-state index in [1.165, 1.54) is 28.5 Å². The second-order valence-corrected chi connectivity index (χ2v) is 10.3. The summed E-state index contributed by atoms with van der Waals surface area (Å²) in [7, 11) is -3.62. The monoisotopic (exact) mass is 458 g/mol. The van der Waals surface area contributed by atoms with Crippen molar-refractivity contribution in [3.05, 3.63) is 54.4 Å². The Morgan fingerprint density at radius 1 is 1.13 bits per heavy atom. The number of amides is 1. The van der Waals surface area contributed by atoms with Crippen molar-refractivity contribution in [1.29, 1.82) is 0 Å². The van der Waals surface area contributed by atoms with Crippen LogP contribution in [-0.2, 0) is 14.8 Å². The molecule has 0 bridgehead atoms. The highest BCUT2D eigenvalue weighted by molar-refractivity contribution is 8.00. The van der Waals surface area contributed by atoms with Gasteiger partial charge < -0.3 is 5.32 Å². The van der Waals surface area contributed by atoms with Gasteiger partial charge >= 0.3 is 0 Å². The molecule has 3 rings (SSSR count). The maximum Gasteiger partial charge on any atom is 0.243 e. The number of thioether (sulfide) groups is 1. The molecule has 0 saturated heterocycles. The highest BCUT2D eigenvalue weighted by Crippen LogP contribution is 2.29. The minimum absolute atomic E-state index is 0.205. The fourth-order valence-corrected chi connectivity index (χ4v) is 5.81. The number of anilines is 1. The molecular formula is C22H26N4O3S2. The van der Waals surface area contributed by atoms with Crippen LogP contribution in [0.1, 0.15) is 26.3 Å². The summed E-state index contributed by atoms with van der Waals surface area (Å²) in [4.78, 5) is 21.6. The van der Waals surface area contributed by atoms with Crippen LogP contribution in [0.25, 0.3) is 10.9 Å². The fourth-order valence-electron chi connectivity index (χ4n) is 3.20. The molecule has 1 amide bonds. The number of fused-ring (bicyclic) bond motifs is 1. The van der Waals surface area contributed by atoms with Crippen LogP contribution in [0.3, 0.4) is 0 Å². The predicted molar refractivity (Wildman–Crippen MR) is 125 cm³/mol. The van der Waals surface area contributed by atoms with E-state index in [9.17, 15) is 13.2 Å². The predicted octanol–water partition coefficient (Wildman–Crippen LogP) is 4.09. The zero-order valence-corrected chi connectivity index (χ0v) is 19.6. The summed E-state index contributed by atoms with van der Waals surface area (Å²) >= 11 is 1.34. The Morgan fingerprint density at radius 3 is 2.55 bits per heavy atom. The van der Waals surface area contributed by atoms with Gasteiger partial charge in [-0.1, -0.05) is 49.9 Å². The third-order valence-electron chi connectivity index (χ3n) is 4.94. The van der Waals surface area contributed by atoms with Gasteiger partial charge in [0.25, 0.3) is 0 Å². The van der Waals surface area contributed by atoms with E-state index in [1.807, 2.05) is 24.3 Å². The summed E-state index contributed by atoms with van der Waals surface area (Å²) in [6.45, 7) is 7.92. The van der Waals surface area contributed by atoms with Gasteiger partial charge in [-0.3, -0.25) is 4.79 Å². The van der Waals surface area contributed by atoms with E-state index in [2.05, 4.69) is 15.3 Å². The van der Waals surface area contributed by atoms with Crippen molar-refractivity contribution in [3.63, 3.8) is 0 Å². The van der Waals surface area contributed by atoms with Gasteiger partial charge in [-0.25, -0.2) is 18.4 Å². The molecule has 3 aromatic rings. The maximum absolute atomic E-state index is 12.9. The molecule has 1 unspecified atom stereocenters. The summed E-state index contributed by atoms with van der Waals surface area (Å²) in [5, 5.41) is 4.01. The van der Waals surface area contributed by atoms with Crippen molar-refractivity contribution < 1.29 is 13.2 Å². The fraction of sp³-hybridized carbons (Fsp3) is 0.318. The molecule has 1 N–H and O–H groups in total. The first-order valence-corrected chi connectivity index (χ1v) is 12.4. The van der Waals surface area contributed by atoms with Crippen LogP contribution in [0.4, 0.5) is 5.69 Å². The highest BCUT2D eigenvalue weighted by Gasteiger charge is 2.24. The summed E-state index contributed by atoms with van der Waals surface area (Å²) < 4.78 is 27.3. The zero-order valence-electron chi connectivity index (χ0n) is 18.0. The molecule has 164 valence electrons. The van der Waals surface area contributed by atoms with Gasteiger partial charge in [0.1, 0.15) is 11.4 Å². The van der Waals surface area contributed by atoms with E-state index in [4.69, 9.17) is 0 Å². The van der Waals surface area contributed by atoms with E-state index < -0.39 is 15.3 Å². The van der Waals surface area contributed by atoms with Gasteiger partial charge in [-0.05, 0) is 37.6 Å². The topological polar surface area (TPSA) is 92.3 Å². The van der Waals surface area contributed by atoms with Crippen molar-refractivity contribution >= 4 is 44.3 Å². The maximum atomic E-state index is 12.9. The lowest BCUT2D eigenvalue weighted by atomic mass is 10.2. The molecule has 0 aliphatic carbocycles. The number of hydrogen-bond donors (Lipinski definition) is 1. The van der Waals surface area contributed by atoms with Gasteiger partial charge in [0.2, 0.25) is 15.9 Å². The molecule has 0 fully saturated rings. The SMILES string of the molecule is CCN(CC)S(=O)(=O)c1cc(NC(=O)C(C)Sc2ncnc3ccccc23)ccc1C. The first kappa shape index (κ1) is 23.2. The third kappa shape index (κ3) is 5.06. The molecule has 1 heterocycles. The largest absolute Gasteiger partial charge is 0.325 e. The van der Waals surface area contributed by atoms with Crippen LogP contribution in [0, 0.1) is 6.92 Å². The van der Waals surface area contributed by atoms with E-state index in [0.717, 1.165) is 15.9 Å². The molecule has 1 aromatic heterocycles. The Kier molecular flexibility index (Phi) is 7.30. The number of aryl methyl sites for hydroxylation is 1. The van der Waals surface area contributed by atoms with Gasteiger partial charge in [0.05, 0.1) is 15.7 Å². The van der Waals surface area contributed by atoms with Crippen LogP contribution in [-0.4, -0.2) is 46.9 Å². The summed E-state index contributed by atoms with van der Waals surface area (Å²) in [6.07, 6.45) is 1.49. The van der Waals surface area contributed by atoms with Crippen LogP contribution in [0.15, 0.2) is 58.7 Å². The molecule has 7 nitrogen and oxygen atoms in total. The normalized spacial score (nSPS) is 12.8. The highest BCUT2D eigenvalue weighted by atomic mass is 32.2. The number of nitrogens with zero attached hydrogens (tertiary/aromatic N) is 3. The van der Waals surface area contributed by atoms with Crippen LogP contribution in [0.5, 0.6) is 0 Å². The third-order valence-corrected chi connectivity index (χ3v) is 8.25. The Balaban J connectivity index is 1.80. The number of para-hydroxylation sites is 1. The molecule has 2 aromatic carbocycles. The van der Waals surface area contributed by atoms with Crippen LogP contribution < -0.4 is 5.32 Å².